The van der Waals surface area contributed by atoms with Gasteiger partial charge in [-0.1, -0.05) is 13.3 Å². The van der Waals surface area contributed by atoms with Gasteiger partial charge in [-0.25, -0.2) is 0 Å². The molecular weight excluding hydrogens is 321 g/mol. The molecule has 1 aliphatic rings. The van der Waals surface area contributed by atoms with Crippen LogP contribution < -0.4 is 0 Å². The minimum absolute atomic E-state index is 0.0958. The average Bonchev–Trinajstić information content (AvgIpc) is 2.58. The van der Waals surface area contributed by atoms with Gasteiger partial charge in [0, 0.05) is 38.2 Å². The summed E-state index contributed by atoms with van der Waals surface area (Å²) >= 11 is 0. The molecule has 0 radical (unpaired) electrons. The van der Waals surface area contributed by atoms with E-state index in [1.165, 1.54) is 12.1 Å². The van der Waals surface area contributed by atoms with Gasteiger partial charge in [0.15, 0.2) is 0 Å². The average molecular weight is 342 g/mol. The molecule has 24 heavy (non-hydrogen) atoms. The summed E-state index contributed by atoms with van der Waals surface area (Å²) in [5.74, 6) is -0.206. The van der Waals surface area contributed by atoms with Crippen LogP contribution in [-0.2, 0) is 11.0 Å². The molecule has 0 saturated carbocycles. The summed E-state index contributed by atoms with van der Waals surface area (Å²) in [4.78, 5) is 27.6. The van der Waals surface area contributed by atoms with E-state index in [0.29, 0.717) is 32.6 Å². The molecule has 2 amide bonds. The Morgan fingerprint density at radius 2 is 1.54 bits per heavy atom. The van der Waals surface area contributed by atoms with E-state index in [4.69, 9.17) is 0 Å². The zero-order chi connectivity index (χ0) is 17.7. The van der Waals surface area contributed by atoms with Crippen LogP contribution in [0.15, 0.2) is 24.3 Å². The minimum Gasteiger partial charge on any atom is -0.339 e. The first kappa shape index (κ1) is 18.3. The Balaban J connectivity index is 1.92. The molecule has 2 rings (SSSR count). The van der Waals surface area contributed by atoms with E-state index in [0.717, 1.165) is 25.0 Å². The Kier molecular flexibility index (Phi) is 5.85. The molecule has 4 nitrogen and oxygen atoms in total. The maximum atomic E-state index is 12.5. The number of unbranched alkanes of at least 4 members (excludes halogenated alkanes) is 1. The SMILES string of the molecule is CCCCC(=O)N1CCN(C(=O)c2ccc(C(F)(F)F)cc2)CC1. The summed E-state index contributed by atoms with van der Waals surface area (Å²) in [6.45, 7) is 3.76. The van der Waals surface area contributed by atoms with Crippen molar-refractivity contribution in [2.45, 2.75) is 32.4 Å². The first-order valence-corrected chi connectivity index (χ1v) is 8.07. The third-order valence-corrected chi connectivity index (χ3v) is 4.12. The van der Waals surface area contributed by atoms with E-state index in [2.05, 4.69) is 0 Å². The van der Waals surface area contributed by atoms with Gasteiger partial charge in [-0.3, -0.25) is 9.59 Å². The number of piperazine rings is 1. The van der Waals surface area contributed by atoms with Gasteiger partial charge in [-0.05, 0) is 30.7 Å². The van der Waals surface area contributed by atoms with E-state index in [1.807, 2.05) is 6.92 Å². The van der Waals surface area contributed by atoms with Crippen molar-refractivity contribution in [2.75, 3.05) is 26.2 Å². The van der Waals surface area contributed by atoms with Crippen LogP contribution in [0.2, 0.25) is 0 Å². The fourth-order valence-corrected chi connectivity index (χ4v) is 2.63. The number of benzene rings is 1. The van der Waals surface area contributed by atoms with Gasteiger partial charge in [0.1, 0.15) is 0 Å². The van der Waals surface area contributed by atoms with Gasteiger partial charge in [-0.15, -0.1) is 0 Å². The summed E-state index contributed by atoms with van der Waals surface area (Å²) in [5, 5.41) is 0. The van der Waals surface area contributed by atoms with Crippen LogP contribution in [-0.4, -0.2) is 47.8 Å². The molecule has 1 saturated heterocycles. The van der Waals surface area contributed by atoms with Gasteiger partial charge in [0.2, 0.25) is 5.91 Å². The largest absolute Gasteiger partial charge is 0.416 e. The maximum absolute atomic E-state index is 12.5. The molecule has 1 aromatic rings. The lowest BCUT2D eigenvalue weighted by Crippen LogP contribution is -2.50. The fraction of sp³-hybridized carbons (Fsp3) is 0.529. The maximum Gasteiger partial charge on any atom is 0.416 e. The van der Waals surface area contributed by atoms with E-state index in [1.54, 1.807) is 9.80 Å². The van der Waals surface area contributed by atoms with Crippen molar-refractivity contribution in [3.8, 4) is 0 Å². The normalized spacial score (nSPS) is 15.5. The number of hydrogen-bond acceptors (Lipinski definition) is 2. The van der Waals surface area contributed by atoms with E-state index >= 15 is 0 Å². The second-order valence-electron chi connectivity index (χ2n) is 5.85. The Hall–Kier alpha value is -2.05. The van der Waals surface area contributed by atoms with Crippen molar-refractivity contribution in [3.63, 3.8) is 0 Å². The number of amides is 2. The number of alkyl halides is 3. The summed E-state index contributed by atoms with van der Waals surface area (Å²) in [7, 11) is 0. The first-order valence-electron chi connectivity index (χ1n) is 8.07. The molecule has 0 aromatic heterocycles. The predicted octanol–water partition coefficient (Wildman–Crippen LogP) is 3.18. The number of halogens is 3. The molecule has 0 atom stereocenters. The van der Waals surface area contributed by atoms with Gasteiger partial charge < -0.3 is 9.80 Å². The van der Waals surface area contributed by atoms with Crippen LogP contribution in [0.3, 0.4) is 0 Å². The van der Waals surface area contributed by atoms with Crippen molar-refractivity contribution in [2.24, 2.45) is 0 Å². The molecule has 0 bridgehead atoms. The number of carbonyl (C=O) groups excluding carboxylic acids is 2. The van der Waals surface area contributed by atoms with E-state index in [-0.39, 0.29) is 17.4 Å². The Morgan fingerprint density at radius 1 is 1.00 bits per heavy atom. The van der Waals surface area contributed by atoms with Gasteiger partial charge in [0.05, 0.1) is 5.56 Å². The molecule has 1 heterocycles. The smallest absolute Gasteiger partial charge is 0.339 e. The molecule has 1 fully saturated rings. The van der Waals surface area contributed by atoms with Crippen molar-refractivity contribution >= 4 is 11.8 Å². The Bertz CT molecular complexity index is 576. The number of carbonyl (C=O) groups is 2. The summed E-state index contributed by atoms with van der Waals surface area (Å²) in [5.41, 5.74) is -0.542. The third-order valence-electron chi connectivity index (χ3n) is 4.12. The van der Waals surface area contributed by atoms with Crippen molar-refractivity contribution in [1.82, 2.24) is 9.80 Å². The quantitative estimate of drug-likeness (QED) is 0.843. The molecule has 7 heteroatoms. The first-order chi connectivity index (χ1) is 11.3. The molecule has 0 spiro atoms. The highest BCUT2D eigenvalue weighted by molar-refractivity contribution is 5.94. The van der Waals surface area contributed by atoms with E-state index < -0.39 is 11.7 Å². The number of nitrogens with zero attached hydrogens (tertiary/aromatic N) is 2. The molecule has 0 N–H and O–H groups in total. The van der Waals surface area contributed by atoms with Crippen molar-refractivity contribution in [1.29, 1.82) is 0 Å². The minimum atomic E-state index is -4.41. The second kappa shape index (κ2) is 7.68. The van der Waals surface area contributed by atoms with E-state index in [9.17, 15) is 22.8 Å². The van der Waals surface area contributed by atoms with Crippen molar-refractivity contribution in [3.05, 3.63) is 35.4 Å². The molecule has 132 valence electrons. The lowest BCUT2D eigenvalue weighted by molar-refractivity contribution is -0.137. The standard InChI is InChI=1S/C17H21F3N2O2/c1-2-3-4-15(23)21-9-11-22(12-10-21)16(24)13-5-7-14(8-6-13)17(18,19)20/h5-8H,2-4,9-12H2,1H3. The fourth-order valence-electron chi connectivity index (χ4n) is 2.63. The molecular formula is C17H21F3N2O2. The summed E-state index contributed by atoms with van der Waals surface area (Å²) < 4.78 is 37.6. The monoisotopic (exact) mass is 342 g/mol. The van der Waals surface area contributed by atoms with Crippen LogP contribution in [0.5, 0.6) is 0 Å². The zero-order valence-electron chi connectivity index (χ0n) is 13.6. The number of hydrogen-bond donors (Lipinski definition) is 0. The van der Waals surface area contributed by atoms with Crippen LogP contribution in [0.1, 0.15) is 42.1 Å². The van der Waals surface area contributed by atoms with Crippen LogP contribution in [0, 0.1) is 0 Å². The zero-order valence-corrected chi connectivity index (χ0v) is 13.6. The Morgan fingerprint density at radius 3 is 2.04 bits per heavy atom. The molecule has 0 unspecified atom stereocenters. The van der Waals surface area contributed by atoms with Gasteiger partial charge in [-0.2, -0.15) is 13.2 Å². The topological polar surface area (TPSA) is 40.6 Å². The van der Waals surface area contributed by atoms with Crippen LogP contribution in [0.25, 0.3) is 0 Å². The lowest BCUT2D eigenvalue weighted by Gasteiger charge is -2.35. The highest BCUT2D eigenvalue weighted by Gasteiger charge is 2.31. The lowest BCUT2D eigenvalue weighted by atomic mass is 10.1. The van der Waals surface area contributed by atoms with Crippen LogP contribution in [0.4, 0.5) is 13.2 Å². The predicted molar refractivity (Wildman–Crippen MR) is 83.5 cm³/mol. The highest BCUT2D eigenvalue weighted by atomic mass is 19.4. The molecule has 1 aromatic carbocycles. The highest BCUT2D eigenvalue weighted by Crippen LogP contribution is 2.29. The third kappa shape index (κ3) is 4.49. The van der Waals surface area contributed by atoms with Crippen LogP contribution >= 0.6 is 0 Å². The Labute approximate surface area is 139 Å². The number of rotatable bonds is 4. The second-order valence-corrected chi connectivity index (χ2v) is 5.85. The van der Waals surface area contributed by atoms with Gasteiger partial charge >= 0.3 is 6.18 Å². The summed E-state index contributed by atoms with van der Waals surface area (Å²) in [6.07, 6.45) is -2.09. The van der Waals surface area contributed by atoms with Gasteiger partial charge in [0.25, 0.3) is 5.91 Å². The van der Waals surface area contributed by atoms with Crippen molar-refractivity contribution < 1.29 is 22.8 Å². The molecule has 0 aliphatic carbocycles. The summed E-state index contributed by atoms with van der Waals surface area (Å²) in [6, 6.07) is 4.23. The molecule has 1 aliphatic heterocycles.